The van der Waals surface area contributed by atoms with Crippen molar-refractivity contribution in [1.29, 1.82) is 0 Å². The highest BCUT2D eigenvalue weighted by molar-refractivity contribution is 5.83. The standard InChI is InChI=1S/C20H23NO7/c1-12-10-14(25-2)17(26-3)18(27-4)15(12)16(19(22)23)21-20(24)28-11-13-8-6-5-7-9-13/h5-10,16H,11H2,1-4H3,(H,21,24)(H,22,23)/t16-/m0/s1. The summed E-state index contributed by atoms with van der Waals surface area (Å²) in [6, 6.07) is 9.27. The van der Waals surface area contributed by atoms with Crippen LogP contribution in [0.4, 0.5) is 4.79 Å². The first-order chi connectivity index (χ1) is 13.4. The lowest BCUT2D eigenvalue weighted by atomic mass is 9.98. The SMILES string of the molecule is COc1cc(C)c([C@H](NC(=O)OCc2ccccc2)C(=O)O)c(OC)c1OC. The molecule has 2 aromatic carbocycles. The fraction of sp³-hybridized carbons (Fsp3) is 0.300. The van der Waals surface area contributed by atoms with E-state index in [2.05, 4.69) is 5.32 Å². The highest BCUT2D eigenvalue weighted by Gasteiger charge is 2.31. The minimum atomic E-state index is -1.40. The molecular formula is C20H23NO7. The van der Waals surface area contributed by atoms with Crippen molar-refractivity contribution in [3.05, 3.63) is 53.1 Å². The van der Waals surface area contributed by atoms with Gasteiger partial charge in [-0.25, -0.2) is 9.59 Å². The third-order valence-electron chi connectivity index (χ3n) is 4.09. The molecule has 0 unspecified atom stereocenters. The summed E-state index contributed by atoms with van der Waals surface area (Å²) < 4.78 is 21.1. The average molecular weight is 389 g/mol. The van der Waals surface area contributed by atoms with Crippen LogP contribution in [0.1, 0.15) is 22.7 Å². The fourth-order valence-corrected chi connectivity index (χ4v) is 2.80. The fourth-order valence-electron chi connectivity index (χ4n) is 2.80. The van der Waals surface area contributed by atoms with Gasteiger partial charge >= 0.3 is 12.1 Å². The highest BCUT2D eigenvalue weighted by atomic mass is 16.5. The maximum absolute atomic E-state index is 12.2. The number of ether oxygens (including phenoxy) is 4. The van der Waals surface area contributed by atoms with Gasteiger partial charge in [0.05, 0.1) is 21.3 Å². The van der Waals surface area contributed by atoms with E-state index in [0.717, 1.165) is 5.56 Å². The lowest BCUT2D eigenvalue weighted by Gasteiger charge is -2.22. The van der Waals surface area contributed by atoms with Gasteiger partial charge < -0.3 is 29.4 Å². The summed E-state index contributed by atoms with van der Waals surface area (Å²) in [7, 11) is 4.26. The van der Waals surface area contributed by atoms with Crippen LogP contribution in [0.25, 0.3) is 0 Å². The van der Waals surface area contributed by atoms with E-state index in [1.807, 2.05) is 18.2 Å². The molecule has 0 aliphatic rings. The van der Waals surface area contributed by atoms with E-state index in [9.17, 15) is 14.7 Å². The number of hydrogen-bond acceptors (Lipinski definition) is 6. The Hall–Kier alpha value is -3.42. The van der Waals surface area contributed by atoms with E-state index in [-0.39, 0.29) is 23.7 Å². The van der Waals surface area contributed by atoms with Crippen molar-refractivity contribution in [1.82, 2.24) is 5.32 Å². The van der Waals surface area contributed by atoms with E-state index < -0.39 is 18.1 Å². The molecule has 0 heterocycles. The van der Waals surface area contributed by atoms with Crippen molar-refractivity contribution in [3.63, 3.8) is 0 Å². The topological polar surface area (TPSA) is 103 Å². The number of aliphatic carboxylic acids is 1. The Morgan fingerprint density at radius 2 is 1.68 bits per heavy atom. The van der Waals surface area contributed by atoms with Crippen LogP contribution in [0, 0.1) is 6.92 Å². The number of carbonyl (C=O) groups is 2. The van der Waals surface area contributed by atoms with Crippen LogP contribution in [0.5, 0.6) is 17.2 Å². The molecule has 0 bridgehead atoms. The second-order valence-corrected chi connectivity index (χ2v) is 5.85. The van der Waals surface area contributed by atoms with Gasteiger partial charge in [-0.3, -0.25) is 0 Å². The molecule has 0 fully saturated rings. The van der Waals surface area contributed by atoms with Crippen molar-refractivity contribution < 1.29 is 33.6 Å². The largest absolute Gasteiger partial charge is 0.493 e. The molecule has 0 radical (unpaired) electrons. The third-order valence-corrected chi connectivity index (χ3v) is 4.09. The lowest BCUT2D eigenvalue weighted by molar-refractivity contribution is -0.139. The first-order valence-electron chi connectivity index (χ1n) is 8.42. The van der Waals surface area contributed by atoms with E-state index in [0.29, 0.717) is 11.3 Å². The van der Waals surface area contributed by atoms with Gasteiger partial charge in [-0.05, 0) is 24.1 Å². The molecular weight excluding hydrogens is 366 g/mol. The molecule has 0 aromatic heterocycles. The second kappa shape index (κ2) is 9.50. The summed E-state index contributed by atoms with van der Waals surface area (Å²) in [6.45, 7) is 1.70. The predicted molar refractivity (Wildman–Crippen MR) is 101 cm³/mol. The average Bonchev–Trinajstić information content (AvgIpc) is 2.70. The van der Waals surface area contributed by atoms with Gasteiger partial charge in [-0.15, -0.1) is 0 Å². The van der Waals surface area contributed by atoms with Crippen LogP contribution < -0.4 is 19.5 Å². The maximum atomic E-state index is 12.2. The monoisotopic (exact) mass is 389 g/mol. The normalized spacial score (nSPS) is 11.3. The number of hydrogen-bond donors (Lipinski definition) is 2. The summed E-state index contributed by atoms with van der Waals surface area (Å²) in [6.07, 6.45) is -0.868. The van der Waals surface area contributed by atoms with Crippen LogP contribution in [-0.2, 0) is 16.1 Å². The number of methoxy groups -OCH3 is 3. The van der Waals surface area contributed by atoms with Crippen molar-refractivity contribution in [2.45, 2.75) is 19.6 Å². The number of carbonyl (C=O) groups excluding carboxylic acids is 1. The number of carboxylic acids is 1. The van der Waals surface area contributed by atoms with Gasteiger partial charge in [0.1, 0.15) is 6.61 Å². The van der Waals surface area contributed by atoms with Crippen molar-refractivity contribution in [3.8, 4) is 17.2 Å². The molecule has 8 nitrogen and oxygen atoms in total. The van der Waals surface area contributed by atoms with Gasteiger partial charge in [-0.1, -0.05) is 30.3 Å². The molecule has 2 rings (SSSR count). The zero-order valence-corrected chi connectivity index (χ0v) is 16.1. The summed E-state index contributed by atoms with van der Waals surface area (Å²) in [5.41, 5.74) is 1.57. The number of carboxylic acid groups (broad SMARTS) is 1. The van der Waals surface area contributed by atoms with Crippen molar-refractivity contribution >= 4 is 12.1 Å². The second-order valence-electron chi connectivity index (χ2n) is 5.85. The summed E-state index contributed by atoms with van der Waals surface area (Å²) in [4.78, 5) is 24.1. The number of nitrogens with one attached hydrogen (secondary N) is 1. The molecule has 28 heavy (non-hydrogen) atoms. The third kappa shape index (κ3) is 4.64. The molecule has 0 aliphatic carbocycles. The van der Waals surface area contributed by atoms with Crippen LogP contribution in [-0.4, -0.2) is 38.5 Å². The Kier molecular flexibility index (Phi) is 7.08. The zero-order chi connectivity index (χ0) is 20.7. The molecule has 8 heteroatoms. The molecule has 2 aromatic rings. The Morgan fingerprint density at radius 3 is 2.21 bits per heavy atom. The van der Waals surface area contributed by atoms with Crippen molar-refractivity contribution in [2.24, 2.45) is 0 Å². The van der Waals surface area contributed by atoms with Crippen LogP contribution in [0.15, 0.2) is 36.4 Å². The smallest absolute Gasteiger partial charge is 0.408 e. The van der Waals surface area contributed by atoms with Gasteiger partial charge in [0.25, 0.3) is 0 Å². The molecule has 1 amide bonds. The predicted octanol–water partition coefficient (Wildman–Crippen LogP) is 3.07. The molecule has 0 spiro atoms. The van der Waals surface area contributed by atoms with Crippen LogP contribution >= 0.6 is 0 Å². The number of alkyl carbamates (subject to hydrolysis) is 1. The summed E-state index contributed by atoms with van der Waals surface area (Å²) in [5, 5.41) is 12.1. The number of rotatable bonds is 8. The Bertz CT molecular complexity index is 836. The number of benzene rings is 2. The molecule has 1 atom stereocenters. The van der Waals surface area contributed by atoms with Gasteiger partial charge in [0, 0.05) is 5.56 Å². The number of amides is 1. The van der Waals surface area contributed by atoms with Gasteiger partial charge in [0.15, 0.2) is 17.5 Å². The maximum Gasteiger partial charge on any atom is 0.408 e. The lowest BCUT2D eigenvalue weighted by Crippen LogP contribution is -2.35. The van der Waals surface area contributed by atoms with E-state index in [1.165, 1.54) is 21.3 Å². The summed E-state index contributed by atoms with van der Waals surface area (Å²) in [5.74, 6) is -0.493. The molecule has 150 valence electrons. The molecule has 0 saturated carbocycles. The summed E-state index contributed by atoms with van der Waals surface area (Å²) >= 11 is 0. The van der Waals surface area contributed by atoms with E-state index >= 15 is 0 Å². The first-order valence-corrected chi connectivity index (χ1v) is 8.42. The molecule has 0 saturated heterocycles. The quantitative estimate of drug-likeness (QED) is 0.715. The molecule has 0 aliphatic heterocycles. The minimum absolute atomic E-state index is 0.0149. The minimum Gasteiger partial charge on any atom is -0.493 e. The zero-order valence-electron chi connectivity index (χ0n) is 16.1. The Morgan fingerprint density at radius 1 is 1.04 bits per heavy atom. The van der Waals surface area contributed by atoms with E-state index in [4.69, 9.17) is 18.9 Å². The number of aryl methyl sites for hydroxylation is 1. The Balaban J connectivity index is 2.30. The van der Waals surface area contributed by atoms with Crippen molar-refractivity contribution in [2.75, 3.05) is 21.3 Å². The van der Waals surface area contributed by atoms with Crippen LogP contribution in [0.3, 0.4) is 0 Å². The van der Waals surface area contributed by atoms with Gasteiger partial charge in [-0.2, -0.15) is 0 Å². The van der Waals surface area contributed by atoms with E-state index in [1.54, 1.807) is 25.1 Å². The first kappa shape index (κ1) is 20.9. The van der Waals surface area contributed by atoms with Crippen LogP contribution in [0.2, 0.25) is 0 Å². The molecule has 2 N–H and O–H groups in total. The highest BCUT2D eigenvalue weighted by Crippen LogP contribution is 2.44. The van der Waals surface area contributed by atoms with Gasteiger partial charge in [0.2, 0.25) is 5.75 Å². The Labute approximate surface area is 163 Å².